The van der Waals surface area contributed by atoms with Gasteiger partial charge in [-0.1, -0.05) is 6.07 Å². The highest BCUT2D eigenvalue weighted by Gasteiger charge is 2.31. The number of benzene rings is 1. The third-order valence-corrected chi connectivity index (χ3v) is 5.49. The molecule has 2 aliphatic heterocycles. The summed E-state index contributed by atoms with van der Waals surface area (Å²) < 4.78 is 11.9. The van der Waals surface area contributed by atoms with Crippen LogP contribution in [0.1, 0.15) is 24.6 Å². The van der Waals surface area contributed by atoms with Crippen LogP contribution in [-0.4, -0.2) is 55.9 Å². The normalized spacial score (nSPS) is 17.9. The molecule has 154 valence electrons. The summed E-state index contributed by atoms with van der Waals surface area (Å²) in [5.41, 5.74) is 2.33. The van der Waals surface area contributed by atoms with E-state index in [9.17, 15) is 15.1 Å². The lowest BCUT2D eigenvalue weighted by Gasteiger charge is -2.29. The standard InChI is InChI=1S/C21H20N4O5/c26-21(27)24-9-3-4-14(11-24)20-23-18(13-6-7-16-17(10-13)30-12-29-16)19(25(20)28)15-5-1-2-8-22-15/h1-2,5-8,10,14,28H,3-4,9,11-12H2,(H,26,27). The number of likely N-dealkylation sites (tertiary alicyclic amines) is 1. The van der Waals surface area contributed by atoms with E-state index in [2.05, 4.69) is 4.98 Å². The van der Waals surface area contributed by atoms with Gasteiger partial charge in [0.1, 0.15) is 11.4 Å². The Hall–Kier alpha value is -3.75. The van der Waals surface area contributed by atoms with Crippen LogP contribution in [0.4, 0.5) is 4.79 Å². The Balaban J connectivity index is 1.63. The number of rotatable bonds is 3. The van der Waals surface area contributed by atoms with Crippen molar-refractivity contribution < 1.29 is 24.6 Å². The zero-order chi connectivity index (χ0) is 20.7. The highest BCUT2D eigenvalue weighted by molar-refractivity contribution is 5.78. The van der Waals surface area contributed by atoms with Crippen molar-refractivity contribution in [3.05, 3.63) is 48.4 Å². The minimum absolute atomic E-state index is 0.165. The molecule has 2 aromatic heterocycles. The number of amides is 1. The second-order valence-corrected chi connectivity index (χ2v) is 7.33. The number of fused-ring (bicyclic) bond motifs is 1. The molecule has 3 aromatic rings. The molecule has 0 aliphatic carbocycles. The van der Waals surface area contributed by atoms with Gasteiger partial charge in [-0.15, -0.1) is 0 Å². The Morgan fingerprint density at radius 3 is 2.83 bits per heavy atom. The number of hydrogen-bond acceptors (Lipinski definition) is 6. The molecule has 9 heteroatoms. The van der Waals surface area contributed by atoms with Crippen LogP contribution in [0.25, 0.3) is 22.6 Å². The van der Waals surface area contributed by atoms with Crippen LogP contribution >= 0.6 is 0 Å². The summed E-state index contributed by atoms with van der Waals surface area (Å²) in [4.78, 5) is 21.9. The Kier molecular flexibility index (Phi) is 4.42. The first-order valence-corrected chi connectivity index (χ1v) is 9.73. The van der Waals surface area contributed by atoms with Crippen LogP contribution in [0.5, 0.6) is 11.5 Å². The van der Waals surface area contributed by atoms with Crippen molar-refractivity contribution in [1.82, 2.24) is 19.6 Å². The number of pyridine rings is 1. The van der Waals surface area contributed by atoms with E-state index in [4.69, 9.17) is 14.5 Å². The van der Waals surface area contributed by atoms with Crippen LogP contribution in [0.3, 0.4) is 0 Å². The first kappa shape index (κ1) is 18.3. The van der Waals surface area contributed by atoms with Crippen molar-refractivity contribution in [3.63, 3.8) is 0 Å². The predicted octanol–water partition coefficient (Wildman–Crippen LogP) is 3.44. The van der Waals surface area contributed by atoms with Gasteiger partial charge in [0.2, 0.25) is 6.79 Å². The molecule has 1 fully saturated rings. The number of piperidine rings is 1. The van der Waals surface area contributed by atoms with Gasteiger partial charge in [-0.05, 0) is 43.2 Å². The Morgan fingerprint density at radius 2 is 2.03 bits per heavy atom. The Labute approximate surface area is 172 Å². The van der Waals surface area contributed by atoms with Crippen LogP contribution in [0.2, 0.25) is 0 Å². The summed E-state index contributed by atoms with van der Waals surface area (Å²) in [6.45, 7) is 0.938. The molecule has 0 radical (unpaired) electrons. The molecule has 1 saturated heterocycles. The van der Waals surface area contributed by atoms with Crippen LogP contribution in [0.15, 0.2) is 42.6 Å². The van der Waals surface area contributed by atoms with E-state index in [1.165, 1.54) is 4.90 Å². The first-order valence-electron chi connectivity index (χ1n) is 9.73. The lowest BCUT2D eigenvalue weighted by molar-refractivity contribution is 0.121. The van der Waals surface area contributed by atoms with Crippen LogP contribution < -0.4 is 9.47 Å². The fraction of sp³-hybridized carbons (Fsp3) is 0.286. The number of imidazole rings is 1. The summed E-state index contributed by atoms with van der Waals surface area (Å²) in [7, 11) is 0. The molecule has 2 aliphatic rings. The zero-order valence-corrected chi connectivity index (χ0v) is 16.1. The lowest BCUT2D eigenvalue weighted by Crippen LogP contribution is -2.38. The van der Waals surface area contributed by atoms with Crippen molar-refractivity contribution in [1.29, 1.82) is 0 Å². The number of aromatic nitrogens is 3. The van der Waals surface area contributed by atoms with E-state index in [0.29, 0.717) is 47.4 Å². The minimum Gasteiger partial charge on any atom is -0.465 e. The molecular formula is C21H20N4O5. The number of hydrogen-bond donors (Lipinski definition) is 2. The maximum absolute atomic E-state index is 11.4. The Morgan fingerprint density at radius 1 is 1.17 bits per heavy atom. The average Bonchev–Trinajstić information content (AvgIpc) is 3.38. The zero-order valence-electron chi connectivity index (χ0n) is 16.1. The van der Waals surface area contributed by atoms with E-state index in [1.807, 2.05) is 24.3 Å². The summed E-state index contributed by atoms with van der Waals surface area (Å²) in [5, 5.41) is 20.5. The van der Waals surface area contributed by atoms with Gasteiger partial charge in [0.25, 0.3) is 0 Å². The maximum Gasteiger partial charge on any atom is 0.407 e. The van der Waals surface area contributed by atoms with Crippen molar-refractivity contribution >= 4 is 6.09 Å². The second-order valence-electron chi connectivity index (χ2n) is 7.33. The summed E-state index contributed by atoms with van der Waals surface area (Å²) >= 11 is 0. The van der Waals surface area contributed by atoms with E-state index >= 15 is 0 Å². The SMILES string of the molecule is O=C(O)N1CCCC(c2nc(-c3ccc4c(c3)OCO4)c(-c3ccccn3)n2O)C1. The number of carbonyl (C=O) groups is 1. The smallest absolute Gasteiger partial charge is 0.407 e. The van der Waals surface area contributed by atoms with Gasteiger partial charge >= 0.3 is 6.09 Å². The predicted molar refractivity (Wildman–Crippen MR) is 106 cm³/mol. The average molecular weight is 408 g/mol. The molecule has 1 amide bonds. The molecule has 1 unspecified atom stereocenters. The molecule has 4 heterocycles. The van der Waals surface area contributed by atoms with Crippen molar-refractivity contribution in [2.75, 3.05) is 19.9 Å². The third kappa shape index (κ3) is 3.08. The fourth-order valence-electron chi connectivity index (χ4n) is 4.03. The molecule has 2 N–H and O–H groups in total. The minimum atomic E-state index is -0.961. The largest absolute Gasteiger partial charge is 0.465 e. The molecule has 0 saturated carbocycles. The molecule has 5 rings (SSSR count). The topological polar surface area (TPSA) is 110 Å². The number of nitrogens with zero attached hydrogens (tertiary/aromatic N) is 4. The van der Waals surface area contributed by atoms with Crippen molar-refractivity contribution in [2.45, 2.75) is 18.8 Å². The highest BCUT2D eigenvalue weighted by Crippen LogP contribution is 2.40. The van der Waals surface area contributed by atoms with Gasteiger partial charge in [-0.3, -0.25) is 4.98 Å². The maximum atomic E-state index is 11.4. The second kappa shape index (κ2) is 7.25. The lowest BCUT2D eigenvalue weighted by atomic mass is 9.97. The number of ether oxygens (including phenoxy) is 2. The third-order valence-electron chi connectivity index (χ3n) is 5.49. The molecule has 0 spiro atoms. The summed E-state index contributed by atoms with van der Waals surface area (Å²) in [5.74, 6) is 1.48. The van der Waals surface area contributed by atoms with Gasteiger partial charge in [0, 0.05) is 30.8 Å². The molecule has 9 nitrogen and oxygen atoms in total. The van der Waals surface area contributed by atoms with Gasteiger partial charge in [0.15, 0.2) is 17.3 Å². The Bertz CT molecular complexity index is 1100. The van der Waals surface area contributed by atoms with E-state index in [0.717, 1.165) is 16.7 Å². The molecular weight excluding hydrogens is 388 g/mol. The molecule has 0 bridgehead atoms. The van der Waals surface area contributed by atoms with Crippen molar-refractivity contribution in [2.24, 2.45) is 0 Å². The monoisotopic (exact) mass is 408 g/mol. The van der Waals surface area contributed by atoms with Crippen molar-refractivity contribution in [3.8, 4) is 34.1 Å². The van der Waals surface area contributed by atoms with Gasteiger partial charge in [0.05, 0.1) is 5.69 Å². The molecule has 1 aromatic carbocycles. The first-order chi connectivity index (χ1) is 14.6. The van der Waals surface area contributed by atoms with Crippen LogP contribution in [0, 0.1) is 0 Å². The highest BCUT2D eigenvalue weighted by atomic mass is 16.7. The summed E-state index contributed by atoms with van der Waals surface area (Å²) in [6, 6.07) is 10.9. The summed E-state index contributed by atoms with van der Waals surface area (Å²) in [6.07, 6.45) is 2.14. The quantitative estimate of drug-likeness (QED) is 0.639. The van der Waals surface area contributed by atoms with Gasteiger partial charge in [-0.2, -0.15) is 4.73 Å². The van der Waals surface area contributed by atoms with Gasteiger partial charge < -0.3 is 24.7 Å². The van der Waals surface area contributed by atoms with E-state index in [-0.39, 0.29) is 19.3 Å². The van der Waals surface area contributed by atoms with Crippen LogP contribution in [-0.2, 0) is 0 Å². The van der Waals surface area contributed by atoms with Gasteiger partial charge in [-0.25, -0.2) is 9.78 Å². The van der Waals surface area contributed by atoms with E-state index < -0.39 is 6.09 Å². The molecule has 1 atom stereocenters. The number of carboxylic acid groups (broad SMARTS) is 1. The molecule has 30 heavy (non-hydrogen) atoms. The fourth-order valence-corrected chi connectivity index (χ4v) is 4.03. The van der Waals surface area contributed by atoms with E-state index in [1.54, 1.807) is 18.3 Å².